The van der Waals surface area contributed by atoms with Gasteiger partial charge in [-0.1, -0.05) is 18.2 Å². The van der Waals surface area contributed by atoms with E-state index >= 15 is 0 Å². The lowest BCUT2D eigenvalue weighted by Gasteiger charge is -2.22. The molecule has 0 saturated carbocycles. The van der Waals surface area contributed by atoms with Crippen LogP contribution in [0.4, 0.5) is 5.69 Å². The number of ether oxygens (including phenoxy) is 1. The molecule has 1 aromatic carbocycles. The van der Waals surface area contributed by atoms with Crippen LogP contribution in [0.1, 0.15) is 23.0 Å². The number of hydrogen-bond donors (Lipinski definition) is 0. The van der Waals surface area contributed by atoms with Gasteiger partial charge in [0.2, 0.25) is 0 Å². The molecule has 2 aromatic rings. The number of benzene rings is 1. The molecule has 6 heteroatoms. The fourth-order valence-corrected chi connectivity index (χ4v) is 2.80. The van der Waals surface area contributed by atoms with E-state index < -0.39 is 12.6 Å². The lowest BCUT2D eigenvalue weighted by molar-refractivity contribution is -0.608. The second kappa shape index (κ2) is 6.08. The summed E-state index contributed by atoms with van der Waals surface area (Å²) in [4.78, 5) is 25.9. The maximum atomic E-state index is 12.4. The van der Waals surface area contributed by atoms with Crippen molar-refractivity contribution >= 4 is 17.6 Å². The van der Waals surface area contributed by atoms with E-state index in [-0.39, 0.29) is 17.6 Å². The topological polar surface area (TPSA) is 73.5 Å². The SMILES string of the molecule is C[C@H]1Cc2ccccc2N1C(=O)COC(=O)c1cccc[n+]1[O-]. The monoisotopic (exact) mass is 312 g/mol. The number of amides is 1. The molecule has 0 N–H and O–H groups in total. The highest BCUT2D eigenvalue weighted by molar-refractivity contribution is 5.98. The van der Waals surface area contributed by atoms with E-state index in [0.29, 0.717) is 4.73 Å². The Labute approximate surface area is 133 Å². The predicted molar refractivity (Wildman–Crippen MR) is 82.8 cm³/mol. The van der Waals surface area contributed by atoms with Gasteiger partial charge in [0.25, 0.3) is 5.91 Å². The van der Waals surface area contributed by atoms with E-state index in [0.717, 1.165) is 17.7 Å². The molecule has 23 heavy (non-hydrogen) atoms. The number of esters is 1. The molecule has 1 atom stereocenters. The van der Waals surface area contributed by atoms with Gasteiger partial charge in [-0.05, 0) is 31.0 Å². The molecule has 0 bridgehead atoms. The molecule has 0 fully saturated rings. The van der Waals surface area contributed by atoms with Crippen LogP contribution in [0, 0.1) is 5.21 Å². The summed E-state index contributed by atoms with van der Waals surface area (Å²) >= 11 is 0. The Morgan fingerprint density at radius 1 is 1.26 bits per heavy atom. The fourth-order valence-electron chi connectivity index (χ4n) is 2.80. The molecule has 1 aliphatic heterocycles. The van der Waals surface area contributed by atoms with Crippen molar-refractivity contribution in [3.8, 4) is 0 Å². The highest BCUT2D eigenvalue weighted by Crippen LogP contribution is 2.31. The molecule has 6 nitrogen and oxygen atoms in total. The fraction of sp³-hybridized carbons (Fsp3) is 0.235. The van der Waals surface area contributed by atoms with Crippen molar-refractivity contribution in [2.45, 2.75) is 19.4 Å². The summed E-state index contributed by atoms with van der Waals surface area (Å²) in [5, 5.41) is 11.5. The minimum Gasteiger partial charge on any atom is -0.618 e. The maximum absolute atomic E-state index is 12.4. The van der Waals surface area contributed by atoms with Gasteiger partial charge in [0, 0.05) is 23.9 Å². The van der Waals surface area contributed by atoms with Gasteiger partial charge in [0.15, 0.2) is 12.8 Å². The molecular formula is C17H16N2O4. The zero-order valence-electron chi connectivity index (χ0n) is 12.6. The summed E-state index contributed by atoms with van der Waals surface area (Å²) in [5.41, 5.74) is 1.80. The number of fused-ring (bicyclic) bond motifs is 1. The molecule has 118 valence electrons. The zero-order chi connectivity index (χ0) is 16.4. The summed E-state index contributed by atoms with van der Waals surface area (Å²) in [5.74, 6) is -1.11. The molecule has 1 amide bonds. The third-order valence-electron chi connectivity index (χ3n) is 3.84. The van der Waals surface area contributed by atoms with Crippen LogP contribution < -0.4 is 9.63 Å². The van der Waals surface area contributed by atoms with Crippen LogP contribution in [0.2, 0.25) is 0 Å². The van der Waals surface area contributed by atoms with Crippen LogP contribution in [-0.2, 0) is 16.0 Å². The number of carbonyl (C=O) groups is 2. The van der Waals surface area contributed by atoms with Crippen LogP contribution in [-0.4, -0.2) is 24.5 Å². The average Bonchev–Trinajstić information content (AvgIpc) is 2.88. The summed E-state index contributed by atoms with van der Waals surface area (Å²) in [6.07, 6.45) is 1.98. The van der Waals surface area contributed by atoms with Crippen molar-refractivity contribution in [1.82, 2.24) is 0 Å². The average molecular weight is 312 g/mol. The number of nitrogens with zero attached hydrogens (tertiary/aromatic N) is 2. The molecule has 3 rings (SSSR count). The van der Waals surface area contributed by atoms with E-state index in [4.69, 9.17) is 4.74 Å². The Balaban J connectivity index is 1.69. The molecular weight excluding hydrogens is 296 g/mol. The Morgan fingerprint density at radius 3 is 2.78 bits per heavy atom. The Kier molecular flexibility index (Phi) is 3.97. The largest absolute Gasteiger partial charge is 0.618 e. The molecule has 0 radical (unpaired) electrons. The first-order chi connectivity index (χ1) is 11.1. The van der Waals surface area contributed by atoms with Gasteiger partial charge in [-0.2, -0.15) is 4.73 Å². The third-order valence-corrected chi connectivity index (χ3v) is 3.84. The van der Waals surface area contributed by atoms with Crippen molar-refractivity contribution in [2.75, 3.05) is 11.5 Å². The van der Waals surface area contributed by atoms with Crippen LogP contribution in [0.3, 0.4) is 0 Å². The first-order valence-corrected chi connectivity index (χ1v) is 7.33. The quantitative estimate of drug-likeness (QED) is 0.488. The minimum absolute atomic E-state index is 0.0137. The summed E-state index contributed by atoms with van der Waals surface area (Å²) < 4.78 is 5.41. The summed E-state index contributed by atoms with van der Waals surface area (Å²) in [7, 11) is 0. The molecule has 2 heterocycles. The number of para-hydroxylation sites is 1. The van der Waals surface area contributed by atoms with Gasteiger partial charge in [-0.25, -0.2) is 4.79 Å². The van der Waals surface area contributed by atoms with E-state index in [1.165, 1.54) is 18.3 Å². The summed E-state index contributed by atoms with van der Waals surface area (Å²) in [6.45, 7) is 1.55. The number of rotatable bonds is 3. The zero-order valence-corrected chi connectivity index (χ0v) is 12.6. The summed E-state index contributed by atoms with van der Waals surface area (Å²) in [6, 6.07) is 12.1. The Morgan fingerprint density at radius 2 is 2.00 bits per heavy atom. The van der Waals surface area contributed by atoms with Gasteiger partial charge >= 0.3 is 11.7 Å². The number of aromatic nitrogens is 1. The molecule has 0 spiro atoms. The van der Waals surface area contributed by atoms with Gasteiger partial charge in [-0.15, -0.1) is 0 Å². The second-order valence-corrected chi connectivity index (χ2v) is 5.43. The normalized spacial score (nSPS) is 16.0. The third kappa shape index (κ3) is 2.88. The van der Waals surface area contributed by atoms with Gasteiger partial charge in [-0.3, -0.25) is 4.79 Å². The number of anilines is 1. The van der Waals surface area contributed by atoms with Crippen molar-refractivity contribution in [1.29, 1.82) is 0 Å². The highest BCUT2D eigenvalue weighted by Gasteiger charge is 2.31. The highest BCUT2D eigenvalue weighted by atomic mass is 16.5. The second-order valence-electron chi connectivity index (χ2n) is 5.43. The van der Waals surface area contributed by atoms with Crippen molar-refractivity contribution in [2.24, 2.45) is 0 Å². The predicted octanol–water partition coefficient (Wildman–Crippen LogP) is 1.45. The lowest BCUT2D eigenvalue weighted by Crippen LogP contribution is -2.40. The van der Waals surface area contributed by atoms with E-state index in [1.54, 1.807) is 11.0 Å². The maximum Gasteiger partial charge on any atom is 0.405 e. The Bertz CT molecular complexity index is 760. The first kappa shape index (κ1) is 15.0. The Hall–Kier alpha value is -2.89. The van der Waals surface area contributed by atoms with Crippen molar-refractivity contribution < 1.29 is 19.1 Å². The molecule has 1 aromatic heterocycles. The van der Waals surface area contributed by atoms with Gasteiger partial charge < -0.3 is 14.8 Å². The van der Waals surface area contributed by atoms with E-state index in [2.05, 4.69) is 0 Å². The van der Waals surface area contributed by atoms with Crippen LogP contribution >= 0.6 is 0 Å². The van der Waals surface area contributed by atoms with Gasteiger partial charge in [0.1, 0.15) is 0 Å². The minimum atomic E-state index is -0.811. The van der Waals surface area contributed by atoms with Gasteiger partial charge in [0.05, 0.1) is 0 Å². The standard InChI is InChI=1S/C17H16N2O4/c1-12-10-13-6-2-3-7-14(13)19(12)16(20)11-23-17(21)15-8-4-5-9-18(15)22/h2-9,12H,10-11H2,1H3/t12-/m0/s1. The van der Waals surface area contributed by atoms with Crippen LogP contribution in [0.5, 0.6) is 0 Å². The number of pyridine rings is 1. The van der Waals surface area contributed by atoms with Crippen LogP contribution in [0.25, 0.3) is 0 Å². The number of carbonyl (C=O) groups excluding carboxylic acids is 2. The van der Waals surface area contributed by atoms with Crippen LogP contribution in [0.15, 0.2) is 48.7 Å². The molecule has 0 aliphatic carbocycles. The molecule has 0 saturated heterocycles. The number of hydrogen-bond acceptors (Lipinski definition) is 4. The molecule has 0 unspecified atom stereocenters. The molecule has 1 aliphatic rings. The van der Waals surface area contributed by atoms with E-state index in [9.17, 15) is 14.8 Å². The lowest BCUT2D eigenvalue weighted by atomic mass is 10.1. The van der Waals surface area contributed by atoms with E-state index in [1.807, 2.05) is 31.2 Å². The first-order valence-electron chi connectivity index (χ1n) is 7.33. The van der Waals surface area contributed by atoms with Crippen molar-refractivity contribution in [3.05, 3.63) is 65.1 Å². The van der Waals surface area contributed by atoms with Crippen molar-refractivity contribution in [3.63, 3.8) is 0 Å². The smallest absolute Gasteiger partial charge is 0.405 e.